The van der Waals surface area contributed by atoms with Gasteiger partial charge in [-0.05, 0) is 37.8 Å². The van der Waals surface area contributed by atoms with E-state index in [1.807, 2.05) is 29.0 Å². The van der Waals surface area contributed by atoms with Crippen LogP contribution in [-0.4, -0.2) is 32.8 Å². The number of rotatable bonds is 4. The Morgan fingerprint density at radius 2 is 2.12 bits per heavy atom. The van der Waals surface area contributed by atoms with Gasteiger partial charge in [-0.15, -0.1) is 22.0 Å². The average molecular weight is 345 g/mol. The summed E-state index contributed by atoms with van der Waals surface area (Å²) in [4.78, 5) is 25.2. The van der Waals surface area contributed by atoms with Crippen LogP contribution < -0.4 is 10.6 Å². The maximum absolute atomic E-state index is 12.1. The number of nitrogens with one attached hydrogen (secondary N) is 2. The van der Waals surface area contributed by atoms with E-state index in [0.717, 1.165) is 30.1 Å². The molecular formula is C16H19N5O2S. The van der Waals surface area contributed by atoms with Gasteiger partial charge in [0.05, 0.1) is 6.04 Å². The highest BCUT2D eigenvalue weighted by Gasteiger charge is 2.24. The predicted molar refractivity (Wildman–Crippen MR) is 91.8 cm³/mol. The van der Waals surface area contributed by atoms with Gasteiger partial charge < -0.3 is 15.2 Å². The molecule has 126 valence electrons. The molecule has 1 aliphatic rings. The molecule has 0 saturated heterocycles. The third-order valence-electron chi connectivity index (χ3n) is 3.91. The molecule has 0 radical (unpaired) electrons. The molecule has 2 amide bonds. The van der Waals surface area contributed by atoms with Crippen molar-refractivity contribution in [3.63, 3.8) is 0 Å². The molecular weight excluding hydrogens is 326 g/mol. The van der Waals surface area contributed by atoms with Crippen molar-refractivity contribution < 1.29 is 9.59 Å². The summed E-state index contributed by atoms with van der Waals surface area (Å²) in [6.45, 7) is 2.65. The minimum absolute atomic E-state index is 0.375. The Bertz CT molecular complexity index is 774. The fourth-order valence-electron chi connectivity index (χ4n) is 2.71. The lowest BCUT2D eigenvalue weighted by Crippen LogP contribution is -2.37. The van der Waals surface area contributed by atoms with Crippen molar-refractivity contribution in [3.05, 3.63) is 35.9 Å². The molecule has 1 aromatic carbocycles. The van der Waals surface area contributed by atoms with Crippen LogP contribution in [0.2, 0.25) is 0 Å². The van der Waals surface area contributed by atoms with Crippen LogP contribution in [0.25, 0.3) is 0 Å². The lowest BCUT2D eigenvalue weighted by atomic mass is 10.3. The van der Waals surface area contributed by atoms with Gasteiger partial charge >= 0.3 is 11.8 Å². The first-order valence-electron chi connectivity index (χ1n) is 7.76. The molecule has 1 atom stereocenters. The highest BCUT2D eigenvalue weighted by Crippen LogP contribution is 2.20. The van der Waals surface area contributed by atoms with E-state index in [2.05, 4.69) is 20.8 Å². The largest absolute Gasteiger partial charge is 0.338 e. The molecule has 2 heterocycles. The molecule has 24 heavy (non-hydrogen) atoms. The summed E-state index contributed by atoms with van der Waals surface area (Å²) >= 11 is 1.57. The third-order valence-corrected chi connectivity index (χ3v) is 4.63. The zero-order valence-electron chi connectivity index (χ0n) is 13.6. The lowest BCUT2D eigenvalue weighted by Gasteiger charge is -2.14. The number of anilines is 1. The maximum Gasteiger partial charge on any atom is 0.313 e. The van der Waals surface area contributed by atoms with Crippen molar-refractivity contribution in [3.8, 4) is 0 Å². The fourth-order valence-corrected chi connectivity index (χ4v) is 3.17. The number of benzene rings is 1. The third kappa shape index (κ3) is 3.43. The smallest absolute Gasteiger partial charge is 0.313 e. The summed E-state index contributed by atoms with van der Waals surface area (Å²) in [5.74, 6) is 0.242. The molecule has 0 saturated carbocycles. The van der Waals surface area contributed by atoms with Crippen LogP contribution in [0.3, 0.4) is 0 Å². The fraction of sp³-hybridized carbons (Fsp3) is 0.375. The average Bonchev–Trinajstić information content (AvgIpc) is 3.17. The van der Waals surface area contributed by atoms with Crippen molar-refractivity contribution in [2.75, 3.05) is 11.6 Å². The highest BCUT2D eigenvalue weighted by atomic mass is 32.2. The van der Waals surface area contributed by atoms with E-state index >= 15 is 0 Å². The van der Waals surface area contributed by atoms with E-state index in [0.29, 0.717) is 11.5 Å². The number of aromatic nitrogens is 3. The monoisotopic (exact) mass is 345 g/mol. The molecule has 0 spiro atoms. The molecule has 2 N–H and O–H groups in total. The van der Waals surface area contributed by atoms with E-state index in [9.17, 15) is 9.59 Å². The first-order valence-corrected chi connectivity index (χ1v) is 8.99. The van der Waals surface area contributed by atoms with Crippen molar-refractivity contribution in [1.29, 1.82) is 0 Å². The summed E-state index contributed by atoms with van der Waals surface area (Å²) in [7, 11) is 0. The summed E-state index contributed by atoms with van der Waals surface area (Å²) in [5, 5.41) is 13.5. The molecule has 0 bridgehead atoms. The van der Waals surface area contributed by atoms with Crippen LogP contribution in [0.15, 0.2) is 29.2 Å². The van der Waals surface area contributed by atoms with Gasteiger partial charge in [-0.1, -0.05) is 6.07 Å². The Hall–Kier alpha value is -2.35. The zero-order valence-corrected chi connectivity index (χ0v) is 14.4. The van der Waals surface area contributed by atoms with E-state index in [4.69, 9.17) is 0 Å². The van der Waals surface area contributed by atoms with E-state index in [-0.39, 0.29) is 6.04 Å². The highest BCUT2D eigenvalue weighted by molar-refractivity contribution is 7.98. The second kappa shape index (κ2) is 7.04. The number of carbonyl (C=O) groups excluding carboxylic acids is 2. The maximum atomic E-state index is 12.1. The molecule has 7 nitrogen and oxygen atoms in total. The minimum atomic E-state index is -0.693. The van der Waals surface area contributed by atoms with Gasteiger partial charge in [0, 0.05) is 23.5 Å². The standard InChI is InChI=1S/C16H19N5O2S/c1-10(14-20-19-13-7-4-8-21(13)14)17-15(22)16(23)18-11-5-3-6-12(9-11)24-2/h3,5-6,9-10H,4,7-8H2,1-2H3,(H,17,22)(H,18,23)/t10-/m1/s1. The number of carbonyl (C=O) groups is 2. The molecule has 0 aliphatic carbocycles. The van der Waals surface area contributed by atoms with Gasteiger partial charge in [-0.2, -0.15) is 0 Å². The Labute approximate surface area is 144 Å². The van der Waals surface area contributed by atoms with Gasteiger partial charge in [0.1, 0.15) is 5.82 Å². The normalized spacial score (nSPS) is 14.1. The van der Waals surface area contributed by atoms with Gasteiger partial charge in [0.2, 0.25) is 0 Å². The van der Waals surface area contributed by atoms with Crippen molar-refractivity contribution >= 4 is 29.3 Å². The van der Waals surface area contributed by atoms with Gasteiger partial charge in [0.25, 0.3) is 0 Å². The van der Waals surface area contributed by atoms with Crippen LogP contribution in [0.4, 0.5) is 5.69 Å². The minimum Gasteiger partial charge on any atom is -0.338 e. The van der Waals surface area contributed by atoms with Crippen LogP contribution in [0, 0.1) is 0 Å². The summed E-state index contributed by atoms with van der Waals surface area (Å²) in [5.41, 5.74) is 0.595. The van der Waals surface area contributed by atoms with Crippen LogP contribution >= 0.6 is 11.8 Å². The van der Waals surface area contributed by atoms with Gasteiger partial charge in [0.15, 0.2) is 5.82 Å². The van der Waals surface area contributed by atoms with Gasteiger partial charge in [-0.25, -0.2) is 0 Å². The molecule has 3 rings (SSSR count). The second-order valence-electron chi connectivity index (χ2n) is 5.61. The molecule has 0 unspecified atom stereocenters. The predicted octanol–water partition coefficient (Wildman–Crippen LogP) is 1.76. The van der Waals surface area contributed by atoms with E-state index in [1.54, 1.807) is 24.8 Å². The summed E-state index contributed by atoms with van der Waals surface area (Å²) in [6, 6.07) is 6.97. The van der Waals surface area contributed by atoms with E-state index in [1.165, 1.54) is 0 Å². The van der Waals surface area contributed by atoms with Gasteiger partial charge in [-0.3, -0.25) is 9.59 Å². The second-order valence-corrected chi connectivity index (χ2v) is 6.49. The first-order chi connectivity index (χ1) is 11.6. The number of thioether (sulfide) groups is 1. The SMILES string of the molecule is CSc1cccc(NC(=O)C(=O)N[C@H](C)c2nnc3n2CCC3)c1. The van der Waals surface area contributed by atoms with Crippen LogP contribution in [0.1, 0.15) is 31.0 Å². The van der Waals surface area contributed by atoms with E-state index < -0.39 is 11.8 Å². The number of amides is 2. The Morgan fingerprint density at radius 1 is 1.29 bits per heavy atom. The van der Waals surface area contributed by atoms with Crippen molar-refractivity contribution in [2.24, 2.45) is 0 Å². The topological polar surface area (TPSA) is 88.9 Å². The molecule has 1 aromatic heterocycles. The van der Waals surface area contributed by atoms with Crippen LogP contribution in [-0.2, 0) is 22.6 Å². The Kier molecular flexibility index (Phi) is 4.84. The zero-order chi connectivity index (χ0) is 17.1. The van der Waals surface area contributed by atoms with Crippen LogP contribution in [0.5, 0.6) is 0 Å². The Balaban J connectivity index is 1.62. The number of fused-ring (bicyclic) bond motifs is 1. The molecule has 0 fully saturated rings. The number of nitrogens with zero attached hydrogens (tertiary/aromatic N) is 3. The lowest BCUT2D eigenvalue weighted by molar-refractivity contribution is -0.136. The Morgan fingerprint density at radius 3 is 2.92 bits per heavy atom. The van der Waals surface area contributed by atoms with Crippen molar-refractivity contribution in [2.45, 2.75) is 37.2 Å². The summed E-state index contributed by atoms with van der Waals surface area (Å²) in [6.07, 6.45) is 3.89. The quantitative estimate of drug-likeness (QED) is 0.651. The summed E-state index contributed by atoms with van der Waals surface area (Å²) < 4.78 is 2.00. The van der Waals surface area contributed by atoms with Crippen molar-refractivity contribution in [1.82, 2.24) is 20.1 Å². The molecule has 2 aromatic rings. The number of hydrogen-bond acceptors (Lipinski definition) is 5. The first kappa shape index (κ1) is 16.5. The number of aryl methyl sites for hydroxylation is 1. The molecule has 1 aliphatic heterocycles. The number of hydrogen-bond donors (Lipinski definition) is 2. The molecule has 8 heteroatoms.